The Morgan fingerprint density at radius 2 is 1.92 bits per heavy atom. The molecule has 2 nitrogen and oxygen atoms in total. The summed E-state index contributed by atoms with van der Waals surface area (Å²) in [7, 11) is 0. The van der Waals surface area contributed by atoms with E-state index >= 15 is 0 Å². The van der Waals surface area contributed by atoms with Gasteiger partial charge in [0.25, 0.3) is 0 Å². The summed E-state index contributed by atoms with van der Waals surface area (Å²) in [6, 6.07) is 0. The number of nitrogens with one attached hydrogen (secondary N) is 1. The van der Waals surface area contributed by atoms with E-state index in [4.69, 9.17) is 0 Å². The van der Waals surface area contributed by atoms with Gasteiger partial charge in [-0.2, -0.15) is 0 Å². The highest BCUT2D eigenvalue weighted by atomic mass is 16.3. The van der Waals surface area contributed by atoms with Crippen molar-refractivity contribution < 1.29 is 5.11 Å². The minimum absolute atomic E-state index is 0.188. The quantitative estimate of drug-likeness (QED) is 0.575. The van der Waals surface area contributed by atoms with Gasteiger partial charge in [0.05, 0.1) is 6.10 Å². The van der Waals surface area contributed by atoms with Crippen molar-refractivity contribution in [3.05, 3.63) is 0 Å². The zero-order chi connectivity index (χ0) is 9.40. The van der Waals surface area contributed by atoms with Crippen molar-refractivity contribution in [2.75, 3.05) is 13.1 Å². The number of unbranched alkanes of at least 4 members (excludes halogenated alkanes) is 2. The summed E-state index contributed by atoms with van der Waals surface area (Å²) in [6.07, 6.45) is 3.58. The van der Waals surface area contributed by atoms with Gasteiger partial charge < -0.3 is 10.4 Å². The van der Waals surface area contributed by atoms with E-state index < -0.39 is 0 Å². The van der Waals surface area contributed by atoms with Crippen molar-refractivity contribution in [3.63, 3.8) is 0 Å². The highest BCUT2D eigenvalue weighted by Crippen LogP contribution is 1.99. The first-order chi connectivity index (χ1) is 5.68. The topological polar surface area (TPSA) is 32.3 Å². The van der Waals surface area contributed by atoms with Gasteiger partial charge in [0.15, 0.2) is 0 Å². The molecule has 2 N–H and O–H groups in total. The highest BCUT2D eigenvalue weighted by molar-refractivity contribution is 4.62. The number of aliphatic hydroxyl groups excluding tert-OH is 1. The predicted octanol–water partition coefficient (Wildman–Crippen LogP) is 1.78. The Morgan fingerprint density at radius 1 is 1.25 bits per heavy atom. The molecule has 0 aromatic rings. The lowest BCUT2D eigenvalue weighted by Crippen LogP contribution is -2.31. The van der Waals surface area contributed by atoms with Crippen LogP contribution in [0.4, 0.5) is 0 Å². The summed E-state index contributed by atoms with van der Waals surface area (Å²) in [5.74, 6) is 0.365. The summed E-state index contributed by atoms with van der Waals surface area (Å²) in [6.45, 7) is 8.05. The molecule has 12 heavy (non-hydrogen) atoms. The van der Waals surface area contributed by atoms with E-state index in [1.165, 1.54) is 19.3 Å². The number of hydrogen-bond acceptors (Lipinski definition) is 2. The van der Waals surface area contributed by atoms with Crippen LogP contribution < -0.4 is 5.32 Å². The van der Waals surface area contributed by atoms with Gasteiger partial charge in [0, 0.05) is 6.54 Å². The molecule has 0 aliphatic carbocycles. The first-order valence-electron chi connectivity index (χ1n) is 5.07. The molecule has 0 radical (unpaired) electrons. The van der Waals surface area contributed by atoms with Gasteiger partial charge in [-0.05, 0) is 18.9 Å². The number of rotatable bonds is 7. The predicted molar refractivity (Wildman–Crippen MR) is 53.2 cm³/mol. The van der Waals surface area contributed by atoms with Crippen LogP contribution in [0.2, 0.25) is 0 Å². The third kappa shape index (κ3) is 6.62. The molecule has 1 unspecified atom stereocenters. The molecule has 0 heterocycles. The van der Waals surface area contributed by atoms with Crippen molar-refractivity contribution in [2.24, 2.45) is 5.92 Å². The average Bonchev–Trinajstić information content (AvgIpc) is 2.03. The molecule has 0 saturated heterocycles. The Bertz CT molecular complexity index is 93.8. The molecule has 0 spiro atoms. The zero-order valence-electron chi connectivity index (χ0n) is 8.64. The Morgan fingerprint density at radius 3 is 2.42 bits per heavy atom. The maximum Gasteiger partial charge on any atom is 0.0687 e. The van der Waals surface area contributed by atoms with E-state index in [0.717, 1.165) is 13.1 Å². The molecule has 0 aliphatic rings. The highest BCUT2D eigenvalue weighted by Gasteiger charge is 2.06. The van der Waals surface area contributed by atoms with E-state index in [2.05, 4.69) is 12.2 Å². The third-order valence-electron chi connectivity index (χ3n) is 2.08. The van der Waals surface area contributed by atoms with Gasteiger partial charge in [0.2, 0.25) is 0 Å². The summed E-state index contributed by atoms with van der Waals surface area (Å²) in [5.41, 5.74) is 0. The van der Waals surface area contributed by atoms with E-state index in [9.17, 15) is 5.11 Å². The number of hydrogen-bond donors (Lipinski definition) is 2. The summed E-state index contributed by atoms with van der Waals surface area (Å²) in [4.78, 5) is 0. The van der Waals surface area contributed by atoms with Gasteiger partial charge in [-0.15, -0.1) is 0 Å². The monoisotopic (exact) mass is 173 g/mol. The lowest BCUT2D eigenvalue weighted by Gasteiger charge is -2.14. The van der Waals surface area contributed by atoms with E-state index in [-0.39, 0.29) is 6.10 Å². The minimum atomic E-state index is -0.188. The standard InChI is InChI=1S/C10H23NO/c1-4-5-6-7-11-8-10(12)9(2)3/h9-12H,4-8H2,1-3H3. The molecule has 0 aromatic carbocycles. The SMILES string of the molecule is CCCCCNCC(O)C(C)C. The fourth-order valence-corrected chi connectivity index (χ4v) is 0.986. The van der Waals surface area contributed by atoms with Gasteiger partial charge in [-0.3, -0.25) is 0 Å². The average molecular weight is 173 g/mol. The van der Waals surface area contributed by atoms with E-state index in [1.807, 2.05) is 13.8 Å². The molecule has 74 valence electrons. The summed E-state index contributed by atoms with van der Waals surface area (Å²) in [5, 5.41) is 12.7. The third-order valence-corrected chi connectivity index (χ3v) is 2.08. The Balaban J connectivity index is 3.08. The molecule has 0 rings (SSSR count). The minimum Gasteiger partial charge on any atom is -0.392 e. The molecular formula is C10H23NO. The van der Waals surface area contributed by atoms with Crippen molar-refractivity contribution in [2.45, 2.75) is 46.1 Å². The first-order valence-corrected chi connectivity index (χ1v) is 5.07. The van der Waals surface area contributed by atoms with E-state index in [0.29, 0.717) is 5.92 Å². The van der Waals surface area contributed by atoms with Gasteiger partial charge in [-0.25, -0.2) is 0 Å². The molecule has 0 bridgehead atoms. The second-order valence-corrected chi connectivity index (χ2v) is 3.72. The van der Waals surface area contributed by atoms with Crippen molar-refractivity contribution in [1.82, 2.24) is 5.32 Å². The van der Waals surface area contributed by atoms with Crippen LogP contribution in [0, 0.1) is 5.92 Å². The van der Waals surface area contributed by atoms with Gasteiger partial charge >= 0.3 is 0 Å². The molecule has 0 fully saturated rings. The Kier molecular flexibility index (Phi) is 7.51. The Labute approximate surface area is 76.4 Å². The molecule has 0 aromatic heterocycles. The normalized spacial score (nSPS) is 13.8. The molecular weight excluding hydrogens is 150 g/mol. The van der Waals surface area contributed by atoms with E-state index in [1.54, 1.807) is 0 Å². The molecule has 0 saturated carbocycles. The van der Waals surface area contributed by atoms with Gasteiger partial charge in [-0.1, -0.05) is 33.6 Å². The molecule has 0 amide bonds. The smallest absolute Gasteiger partial charge is 0.0687 e. The van der Waals surface area contributed by atoms with Gasteiger partial charge in [0.1, 0.15) is 0 Å². The number of aliphatic hydroxyl groups is 1. The van der Waals surface area contributed by atoms with Crippen LogP contribution in [0.15, 0.2) is 0 Å². The second kappa shape index (κ2) is 7.56. The van der Waals surface area contributed by atoms with Crippen molar-refractivity contribution in [3.8, 4) is 0 Å². The lowest BCUT2D eigenvalue weighted by molar-refractivity contribution is 0.124. The van der Waals surface area contributed by atoms with Crippen molar-refractivity contribution >= 4 is 0 Å². The molecule has 2 heteroatoms. The maximum absolute atomic E-state index is 9.42. The van der Waals surface area contributed by atoms with Crippen LogP contribution in [0.1, 0.15) is 40.0 Å². The maximum atomic E-state index is 9.42. The molecule has 0 aliphatic heterocycles. The fourth-order valence-electron chi connectivity index (χ4n) is 0.986. The second-order valence-electron chi connectivity index (χ2n) is 3.72. The first kappa shape index (κ1) is 11.9. The lowest BCUT2D eigenvalue weighted by atomic mass is 10.1. The van der Waals surface area contributed by atoms with Crippen LogP contribution in [-0.2, 0) is 0 Å². The van der Waals surface area contributed by atoms with Crippen LogP contribution in [0.5, 0.6) is 0 Å². The summed E-state index contributed by atoms with van der Waals surface area (Å²) >= 11 is 0. The van der Waals surface area contributed by atoms with Crippen LogP contribution in [0.3, 0.4) is 0 Å². The van der Waals surface area contributed by atoms with Crippen LogP contribution in [0.25, 0.3) is 0 Å². The Hall–Kier alpha value is -0.0800. The largest absolute Gasteiger partial charge is 0.392 e. The van der Waals surface area contributed by atoms with Crippen molar-refractivity contribution in [1.29, 1.82) is 0 Å². The fraction of sp³-hybridized carbons (Fsp3) is 1.00. The van der Waals surface area contributed by atoms with Crippen LogP contribution in [-0.4, -0.2) is 24.3 Å². The molecule has 1 atom stereocenters. The summed E-state index contributed by atoms with van der Waals surface area (Å²) < 4.78 is 0. The van der Waals surface area contributed by atoms with Crippen LogP contribution >= 0.6 is 0 Å². The zero-order valence-corrected chi connectivity index (χ0v) is 8.64.